The van der Waals surface area contributed by atoms with E-state index in [0.717, 1.165) is 10.0 Å². The number of hydrogen-bond acceptors (Lipinski definition) is 2. The first-order chi connectivity index (χ1) is 7.66. The van der Waals surface area contributed by atoms with Gasteiger partial charge in [-0.1, -0.05) is 17.2 Å². The number of nitrogens with one attached hydrogen (secondary N) is 1. The smallest absolute Gasteiger partial charge is 0.252 e. The van der Waals surface area contributed by atoms with Crippen molar-refractivity contribution in [2.24, 2.45) is 5.11 Å². The molecule has 0 spiro atoms. The van der Waals surface area contributed by atoms with E-state index in [1.54, 1.807) is 6.07 Å². The Morgan fingerprint density at radius 3 is 3.06 bits per heavy atom. The molecular weight excluding hydrogens is 272 g/mol. The normalized spacial score (nSPS) is 9.38. The van der Waals surface area contributed by atoms with E-state index in [9.17, 15) is 4.79 Å². The minimum Gasteiger partial charge on any atom is -0.352 e. The predicted molar refractivity (Wildman–Crippen MR) is 65.2 cm³/mol. The van der Waals surface area contributed by atoms with E-state index < -0.39 is 0 Å². The Labute approximate surface area is 102 Å². The fourth-order valence-electron chi connectivity index (χ4n) is 1.18. The van der Waals surface area contributed by atoms with Crippen LogP contribution in [0, 0.1) is 6.92 Å². The highest BCUT2D eigenvalue weighted by Crippen LogP contribution is 2.20. The highest BCUT2D eigenvalue weighted by molar-refractivity contribution is 9.10. The Hall–Kier alpha value is -1.52. The SMILES string of the molecule is Cc1cccc(C(=O)NCCN=[N+]=[N-])c1Br. The van der Waals surface area contributed by atoms with E-state index in [0.29, 0.717) is 12.1 Å². The van der Waals surface area contributed by atoms with Crippen LogP contribution in [0.2, 0.25) is 0 Å². The van der Waals surface area contributed by atoms with E-state index >= 15 is 0 Å². The summed E-state index contributed by atoms with van der Waals surface area (Å²) in [6.45, 7) is 2.51. The molecule has 0 atom stereocenters. The van der Waals surface area contributed by atoms with Gasteiger partial charge in [0.05, 0.1) is 5.56 Å². The number of carbonyl (C=O) groups is 1. The number of hydrogen-bond donors (Lipinski definition) is 1. The number of aryl methyl sites for hydroxylation is 1. The molecule has 1 amide bonds. The zero-order valence-corrected chi connectivity index (χ0v) is 10.4. The van der Waals surface area contributed by atoms with Crippen molar-refractivity contribution in [3.8, 4) is 0 Å². The molecule has 0 radical (unpaired) electrons. The molecule has 5 nitrogen and oxygen atoms in total. The number of carbonyl (C=O) groups excluding carboxylic acids is 1. The number of rotatable bonds is 4. The first-order valence-corrected chi connectivity index (χ1v) is 5.50. The average molecular weight is 283 g/mol. The van der Waals surface area contributed by atoms with Crippen LogP contribution in [0.4, 0.5) is 0 Å². The van der Waals surface area contributed by atoms with Crippen LogP contribution in [0.1, 0.15) is 15.9 Å². The van der Waals surface area contributed by atoms with Crippen molar-refractivity contribution in [2.45, 2.75) is 6.92 Å². The lowest BCUT2D eigenvalue weighted by Gasteiger charge is -2.07. The van der Waals surface area contributed by atoms with E-state index in [1.165, 1.54) is 0 Å². The maximum Gasteiger partial charge on any atom is 0.252 e. The summed E-state index contributed by atoms with van der Waals surface area (Å²) in [5, 5.41) is 6.00. The van der Waals surface area contributed by atoms with Crippen LogP contribution in [-0.4, -0.2) is 19.0 Å². The van der Waals surface area contributed by atoms with Gasteiger partial charge in [0.15, 0.2) is 0 Å². The second-order valence-electron chi connectivity index (χ2n) is 3.15. The van der Waals surface area contributed by atoms with Crippen LogP contribution in [0.25, 0.3) is 10.4 Å². The van der Waals surface area contributed by atoms with E-state index in [4.69, 9.17) is 5.53 Å². The highest BCUT2D eigenvalue weighted by atomic mass is 79.9. The number of amides is 1. The zero-order valence-electron chi connectivity index (χ0n) is 8.77. The fourth-order valence-corrected chi connectivity index (χ4v) is 1.63. The molecule has 1 aromatic carbocycles. The van der Waals surface area contributed by atoms with Gasteiger partial charge in [-0.05, 0) is 40.0 Å². The van der Waals surface area contributed by atoms with Gasteiger partial charge in [0.2, 0.25) is 0 Å². The van der Waals surface area contributed by atoms with Gasteiger partial charge in [-0.25, -0.2) is 0 Å². The molecule has 0 fully saturated rings. The van der Waals surface area contributed by atoms with Gasteiger partial charge in [0.25, 0.3) is 5.91 Å². The number of halogens is 1. The van der Waals surface area contributed by atoms with Crippen molar-refractivity contribution in [2.75, 3.05) is 13.1 Å². The molecule has 1 aromatic rings. The Morgan fingerprint density at radius 1 is 1.62 bits per heavy atom. The number of nitrogens with zero attached hydrogens (tertiary/aromatic N) is 3. The number of azide groups is 1. The predicted octanol–water partition coefficient (Wildman–Crippen LogP) is 2.80. The van der Waals surface area contributed by atoms with Crippen LogP contribution in [0.5, 0.6) is 0 Å². The molecular formula is C10H11BrN4O. The summed E-state index contributed by atoms with van der Waals surface area (Å²) in [5.74, 6) is -0.177. The third kappa shape index (κ3) is 3.25. The van der Waals surface area contributed by atoms with Crippen LogP contribution >= 0.6 is 15.9 Å². The first-order valence-electron chi connectivity index (χ1n) is 4.71. The molecule has 0 unspecified atom stereocenters. The lowest BCUT2D eigenvalue weighted by molar-refractivity contribution is 0.0954. The summed E-state index contributed by atoms with van der Waals surface area (Å²) < 4.78 is 0.788. The molecule has 0 saturated carbocycles. The summed E-state index contributed by atoms with van der Waals surface area (Å²) in [5.41, 5.74) is 9.65. The summed E-state index contributed by atoms with van der Waals surface area (Å²) in [6.07, 6.45) is 0. The van der Waals surface area contributed by atoms with Crippen molar-refractivity contribution >= 4 is 21.8 Å². The molecule has 1 N–H and O–H groups in total. The molecule has 6 heteroatoms. The highest BCUT2D eigenvalue weighted by Gasteiger charge is 2.09. The molecule has 0 heterocycles. The summed E-state index contributed by atoms with van der Waals surface area (Å²) in [4.78, 5) is 14.3. The minimum atomic E-state index is -0.177. The second kappa shape index (κ2) is 6.15. The van der Waals surface area contributed by atoms with E-state index in [1.807, 2.05) is 19.1 Å². The first kappa shape index (κ1) is 12.5. The second-order valence-corrected chi connectivity index (χ2v) is 3.94. The molecule has 0 bridgehead atoms. The van der Waals surface area contributed by atoms with Crippen LogP contribution in [-0.2, 0) is 0 Å². The summed E-state index contributed by atoms with van der Waals surface area (Å²) in [7, 11) is 0. The van der Waals surface area contributed by atoms with Crippen molar-refractivity contribution in [3.05, 3.63) is 44.2 Å². The fraction of sp³-hybridized carbons (Fsp3) is 0.300. The van der Waals surface area contributed by atoms with E-state index in [2.05, 4.69) is 31.3 Å². The third-order valence-corrected chi connectivity index (χ3v) is 3.05. The van der Waals surface area contributed by atoms with Crippen molar-refractivity contribution in [1.29, 1.82) is 0 Å². The van der Waals surface area contributed by atoms with Gasteiger partial charge >= 0.3 is 0 Å². The standard InChI is InChI=1S/C10H11BrN4O/c1-7-3-2-4-8(9(7)11)10(16)13-5-6-14-15-12/h2-4H,5-6H2,1H3,(H,13,16). The lowest BCUT2D eigenvalue weighted by Crippen LogP contribution is -2.26. The maximum absolute atomic E-state index is 11.7. The monoisotopic (exact) mass is 282 g/mol. The molecule has 1 rings (SSSR count). The Morgan fingerprint density at radius 2 is 2.38 bits per heavy atom. The van der Waals surface area contributed by atoms with Crippen molar-refractivity contribution in [3.63, 3.8) is 0 Å². The molecule has 0 aromatic heterocycles. The third-order valence-electron chi connectivity index (χ3n) is 2.00. The van der Waals surface area contributed by atoms with Gasteiger partial charge in [0, 0.05) is 22.5 Å². The van der Waals surface area contributed by atoms with Gasteiger partial charge in [-0.3, -0.25) is 4.79 Å². The van der Waals surface area contributed by atoms with Gasteiger partial charge in [0.1, 0.15) is 0 Å². The molecule has 84 valence electrons. The summed E-state index contributed by atoms with van der Waals surface area (Å²) in [6, 6.07) is 5.48. The topological polar surface area (TPSA) is 77.9 Å². The van der Waals surface area contributed by atoms with Gasteiger partial charge in [-0.2, -0.15) is 0 Å². The zero-order chi connectivity index (χ0) is 12.0. The molecule has 0 saturated heterocycles. The average Bonchev–Trinajstić information content (AvgIpc) is 2.28. The molecule has 0 aliphatic carbocycles. The van der Waals surface area contributed by atoms with Crippen molar-refractivity contribution < 1.29 is 4.79 Å². The van der Waals surface area contributed by atoms with Gasteiger partial charge in [-0.15, -0.1) is 0 Å². The Kier molecular flexibility index (Phi) is 4.82. The molecule has 16 heavy (non-hydrogen) atoms. The Balaban J connectivity index is 2.66. The molecule has 0 aliphatic rings. The minimum absolute atomic E-state index is 0.177. The van der Waals surface area contributed by atoms with Crippen LogP contribution in [0.3, 0.4) is 0 Å². The largest absolute Gasteiger partial charge is 0.352 e. The van der Waals surface area contributed by atoms with Crippen LogP contribution < -0.4 is 5.32 Å². The Bertz CT molecular complexity index is 440. The lowest BCUT2D eigenvalue weighted by atomic mass is 10.1. The van der Waals surface area contributed by atoms with Crippen molar-refractivity contribution in [1.82, 2.24) is 5.32 Å². The quantitative estimate of drug-likeness (QED) is 0.392. The maximum atomic E-state index is 11.7. The van der Waals surface area contributed by atoms with E-state index in [-0.39, 0.29) is 12.5 Å². The summed E-state index contributed by atoms with van der Waals surface area (Å²) >= 11 is 3.36. The molecule has 0 aliphatic heterocycles. The van der Waals surface area contributed by atoms with Crippen LogP contribution in [0.15, 0.2) is 27.8 Å². The van der Waals surface area contributed by atoms with Gasteiger partial charge < -0.3 is 5.32 Å². The number of benzene rings is 1.